The minimum absolute atomic E-state index is 0.369. The Morgan fingerprint density at radius 1 is 1.20 bits per heavy atom. The second kappa shape index (κ2) is 5.66. The van der Waals surface area contributed by atoms with Gasteiger partial charge in [0.2, 0.25) is 0 Å². The van der Waals surface area contributed by atoms with Gasteiger partial charge in [0.1, 0.15) is 0 Å². The van der Waals surface area contributed by atoms with E-state index in [0.29, 0.717) is 12.1 Å². The minimum Gasteiger partial charge on any atom is -0.376 e. The fourth-order valence-electron chi connectivity index (χ4n) is 2.32. The van der Waals surface area contributed by atoms with Gasteiger partial charge in [0, 0.05) is 19.2 Å². The number of hydrogen-bond donors (Lipinski definition) is 2. The van der Waals surface area contributed by atoms with Gasteiger partial charge in [-0.15, -0.1) is 0 Å². The first-order chi connectivity index (χ1) is 7.34. The van der Waals surface area contributed by atoms with Crippen LogP contribution in [0.3, 0.4) is 0 Å². The van der Waals surface area contributed by atoms with Gasteiger partial charge in [-0.1, -0.05) is 12.8 Å². The standard InChI is InChI=1S/C11H20N2OS/c15-11(13-9-4-1-2-5-9)12-8-10-6-3-7-14-10/h9-10H,1-8H2,(H2,12,13,15)/t10-/m0/s1. The molecule has 0 aromatic rings. The van der Waals surface area contributed by atoms with Gasteiger partial charge in [0.05, 0.1) is 6.10 Å². The lowest BCUT2D eigenvalue weighted by molar-refractivity contribution is 0.114. The van der Waals surface area contributed by atoms with Crippen molar-refractivity contribution in [2.24, 2.45) is 0 Å². The van der Waals surface area contributed by atoms with Crippen LogP contribution in [0.4, 0.5) is 0 Å². The highest BCUT2D eigenvalue weighted by molar-refractivity contribution is 7.80. The molecule has 1 aliphatic heterocycles. The summed E-state index contributed by atoms with van der Waals surface area (Å²) in [7, 11) is 0. The van der Waals surface area contributed by atoms with Crippen LogP contribution in [0.15, 0.2) is 0 Å². The third kappa shape index (κ3) is 3.61. The quantitative estimate of drug-likeness (QED) is 0.719. The summed E-state index contributed by atoms with van der Waals surface area (Å²) >= 11 is 5.25. The molecular weight excluding hydrogens is 208 g/mol. The average Bonchev–Trinajstić information content (AvgIpc) is 2.86. The summed E-state index contributed by atoms with van der Waals surface area (Å²) in [5.41, 5.74) is 0. The predicted octanol–water partition coefficient (Wildman–Crippen LogP) is 1.57. The monoisotopic (exact) mass is 228 g/mol. The van der Waals surface area contributed by atoms with Gasteiger partial charge in [-0.05, 0) is 37.9 Å². The Balaban J connectivity index is 1.59. The zero-order valence-corrected chi connectivity index (χ0v) is 9.94. The van der Waals surface area contributed by atoms with Gasteiger partial charge < -0.3 is 15.4 Å². The highest BCUT2D eigenvalue weighted by atomic mass is 32.1. The molecule has 2 rings (SSSR count). The molecule has 2 N–H and O–H groups in total. The zero-order valence-electron chi connectivity index (χ0n) is 9.13. The van der Waals surface area contributed by atoms with Crippen LogP contribution >= 0.6 is 12.2 Å². The fraction of sp³-hybridized carbons (Fsp3) is 0.909. The Bertz CT molecular complexity index is 211. The molecule has 1 saturated carbocycles. The molecule has 0 spiro atoms. The molecule has 0 unspecified atom stereocenters. The number of hydrogen-bond acceptors (Lipinski definition) is 2. The maximum atomic E-state index is 5.52. The van der Waals surface area contributed by atoms with Gasteiger partial charge >= 0.3 is 0 Å². The van der Waals surface area contributed by atoms with Crippen molar-refractivity contribution in [3.63, 3.8) is 0 Å². The van der Waals surface area contributed by atoms with Crippen molar-refractivity contribution in [1.82, 2.24) is 10.6 Å². The highest BCUT2D eigenvalue weighted by Gasteiger charge is 2.17. The first-order valence-electron chi connectivity index (χ1n) is 6.00. The van der Waals surface area contributed by atoms with E-state index in [4.69, 9.17) is 17.0 Å². The van der Waals surface area contributed by atoms with Gasteiger partial charge in [-0.3, -0.25) is 0 Å². The summed E-state index contributed by atoms with van der Waals surface area (Å²) in [5.74, 6) is 0. The molecule has 3 nitrogen and oxygen atoms in total. The van der Waals surface area contributed by atoms with Crippen LogP contribution in [0.1, 0.15) is 38.5 Å². The molecule has 1 saturated heterocycles. The molecule has 0 bridgehead atoms. The van der Waals surface area contributed by atoms with Gasteiger partial charge in [0.25, 0.3) is 0 Å². The third-order valence-corrected chi connectivity index (χ3v) is 3.47. The Morgan fingerprint density at radius 3 is 2.67 bits per heavy atom. The maximum Gasteiger partial charge on any atom is 0.166 e. The van der Waals surface area contributed by atoms with Crippen molar-refractivity contribution in [1.29, 1.82) is 0 Å². The second-order valence-corrected chi connectivity index (χ2v) is 4.88. The highest BCUT2D eigenvalue weighted by Crippen LogP contribution is 2.17. The predicted molar refractivity (Wildman–Crippen MR) is 65.0 cm³/mol. The van der Waals surface area contributed by atoms with E-state index >= 15 is 0 Å². The summed E-state index contributed by atoms with van der Waals surface area (Å²) in [6, 6.07) is 0.606. The molecule has 2 aliphatic rings. The largest absolute Gasteiger partial charge is 0.376 e. The van der Waals surface area contributed by atoms with Gasteiger partial charge in [0.15, 0.2) is 5.11 Å². The Kier molecular flexibility index (Phi) is 4.20. The molecule has 1 aliphatic carbocycles. The van der Waals surface area contributed by atoms with Crippen molar-refractivity contribution < 1.29 is 4.74 Å². The Hall–Kier alpha value is -0.350. The molecule has 0 amide bonds. The topological polar surface area (TPSA) is 33.3 Å². The summed E-state index contributed by atoms with van der Waals surface area (Å²) in [6.07, 6.45) is 7.93. The van der Waals surface area contributed by atoms with E-state index in [1.807, 2.05) is 0 Å². The summed E-state index contributed by atoms with van der Waals surface area (Å²) in [5, 5.41) is 7.42. The van der Waals surface area contributed by atoms with E-state index in [0.717, 1.165) is 18.3 Å². The molecule has 0 aromatic heterocycles. The fourth-order valence-corrected chi connectivity index (χ4v) is 2.57. The van der Waals surface area contributed by atoms with Crippen LogP contribution < -0.4 is 10.6 Å². The molecule has 2 fully saturated rings. The van der Waals surface area contributed by atoms with E-state index in [-0.39, 0.29) is 0 Å². The van der Waals surface area contributed by atoms with Crippen molar-refractivity contribution in [2.75, 3.05) is 13.2 Å². The molecular formula is C11H20N2OS. The normalized spacial score (nSPS) is 26.8. The average molecular weight is 228 g/mol. The number of rotatable bonds is 3. The van der Waals surface area contributed by atoms with E-state index in [1.165, 1.54) is 38.5 Å². The summed E-state index contributed by atoms with van der Waals surface area (Å²) in [6.45, 7) is 1.77. The van der Waals surface area contributed by atoms with Gasteiger partial charge in [-0.2, -0.15) is 0 Å². The van der Waals surface area contributed by atoms with Crippen molar-refractivity contribution in [3.8, 4) is 0 Å². The molecule has 0 aromatic carbocycles. The van der Waals surface area contributed by atoms with Crippen molar-refractivity contribution in [2.45, 2.75) is 50.7 Å². The number of nitrogens with one attached hydrogen (secondary N) is 2. The van der Waals surface area contributed by atoms with E-state index in [2.05, 4.69) is 10.6 Å². The zero-order chi connectivity index (χ0) is 10.5. The molecule has 1 heterocycles. The van der Waals surface area contributed by atoms with E-state index in [1.54, 1.807) is 0 Å². The number of thiocarbonyl (C=S) groups is 1. The number of ether oxygens (including phenoxy) is 1. The Morgan fingerprint density at radius 2 is 2.00 bits per heavy atom. The maximum absolute atomic E-state index is 5.52. The molecule has 15 heavy (non-hydrogen) atoms. The molecule has 0 radical (unpaired) electrons. The van der Waals surface area contributed by atoms with Crippen molar-refractivity contribution in [3.05, 3.63) is 0 Å². The summed E-state index contributed by atoms with van der Waals surface area (Å²) < 4.78 is 5.52. The van der Waals surface area contributed by atoms with Crippen LogP contribution in [-0.4, -0.2) is 30.4 Å². The molecule has 1 atom stereocenters. The van der Waals surface area contributed by atoms with Crippen LogP contribution in [0, 0.1) is 0 Å². The van der Waals surface area contributed by atoms with Crippen LogP contribution in [0.25, 0.3) is 0 Å². The van der Waals surface area contributed by atoms with Crippen LogP contribution in [0.5, 0.6) is 0 Å². The SMILES string of the molecule is S=C(NC[C@@H]1CCCO1)NC1CCCC1. The minimum atomic E-state index is 0.369. The Labute approximate surface area is 96.9 Å². The smallest absolute Gasteiger partial charge is 0.166 e. The second-order valence-electron chi connectivity index (χ2n) is 4.47. The first kappa shape index (κ1) is 11.1. The molecule has 86 valence electrons. The lowest BCUT2D eigenvalue weighted by Gasteiger charge is -2.17. The third-order valence-electron chi connectivity index (χ3n) is 3.20. The lowest BCUT2D eigenvalue weighted by atomic mass is 10.2. The van der Waals surface area contributed by atoms with Crippen molar-refractivity contribution >= 4 is 17.3 Å². The van der Waals surface area contributed by atoms with Crippen LogP contribution in [-0.2, 0) is 4.74 Å². The molecule has 4 heteroatoms. The summed E-state index contributed by atoms with van der Waals surface area (Å²) in [4.78, 5) is 0. The first-order valence-corrected chi connectivity index (χ1v) is 6.41. The van der Waals surface area contributed by atoms with Crippen LogP contribution in [0.2, 0.25) is 0 Å². The van der Waals surface area contributed by atoms with E-state index in [9.17, 15) is 0 Å². The van der Waals surface area contributed by atoms with E-state index < -0.39 is 0 Å². The van der Waals surface area contributed by atoms with Gasteiger partial charge in [-0.25, -0.2) is 0 Å². The lowest BCUT2D eigenvalue weighted by Crippen LogP contribution is -2.43.